The van der Waals surface area contributed by atoms with Crippen LogP contribution in [0.4, 0.5) is 5.69 Å². The lowest BCUT2D eigenvalue weighted by atomic mass is 9.71. The lowest BCUT2D eigenvalue weighted by Gasteiger charge is -2.52. The van der Waals surface area contributed by atoms with Gasteiger partial charge in [-0.05, 0) is 47.9 Å². The molecule has 0 aliphatic carbocycles. The van der Waals surface area contributed by atoms with Crippen LogP contribution in [-0.4, -0.2) is 42.2 Å². The van der Waals surface area contributed by atoms with Crippen molar-refractivity contribution >= 4 is 27.7 Å². The molecule has 1 spiro atoms. The molecule has 33 heavy (non-hydrogen) atoms. The summed E-state index contributed by atoms with van der Waals surface area (Å²) in [5.41, 5.74) is 2.47. The number of hydrogen-bond donors (Lipinski definition) is 1. The molecular formula is C26H28ClN3O2S. The van der Waals surface area contributed by atoms with Crippen molar-refractivity contribution in [1.82, 2.24) is 9.62 Å². The first-order valence-electron chi connectivity index (χ1n) is 11.3. The van der Waals surface area contributed by atoms with Crippen molar-refractivity contribution in [3.63, 3.8) is 0 Å². The van der Waals surface area contributed by atoms with Gasteiger partial charge < -0.3 is 9.45 Å². The first kappa shape index (κ1) is 22.6. The summed E-state index contributed by atoms with van der Waals surface area (Å²) in [6.07, 6.45) is 0. The summed E-state index contributed by atoms with van der Waals surface area (Å²) in [6.45, 7) is 4.91. The van der Waals surface area contributed by atoms with E-state index >= 15 is 0 Å². The van der Waals surface area contributed by atoms with Crippen LogP contribution in [0.15, 0.2) is 89.8 Å². The molecule has 0 radical (unpaired) electrons. The number of likely N-dealkylation sites (tertiary alicyclic amines) is 1. The minimum atomic E-state index is -3.53. The molecule has 3 aromatic rings. The molecular weight excluding hydrogens is 454 g/mol. The van der Waals surface area contributed by atoms with Crippen LogP contribution in [0.3, 0.4) is 0 Å². The van der Waals surface area contributed by atoms with Crippen molar-refractivity contribution in [3.05, 3.63) is 95.5 Å². The number of halogens is 1. The molecule has 5 rings (SSSR count). The van der Waals surface area contributed by atoms with Gasteiger partial charge in [-0.1, -0.05) is 64.3 Å². The van der Waals surface area contributed by atoms with Gasteiger partial charge in [0.05, 0.1) is 0 Å². The highest BCUT2D eigenvalue weighted by Gasteiger charge is 2.54. The lowest BCUT2D eigenvalue weighted by Crippen LogP contribution is -2.62. The Morgan fingerprint density at radius 3 is 2.36 bits per heavy atom. The average Bonchev–Trinajstić information content (AvgIpc) is 3.16. The van der Waals surface area contributed by atoms with Gasteiger partial charge in [-0.15, -0.1) is 4.72 Å². The van der Waals surface area contributed by atoms with Crippen molar-refractivity contribution < 1.29 is 8.76 Å². The number of benzene rings is 3. The average molecular weight is 482 g/mol. The molecule has 7 heteroatoms. The Bertz CT molecular complexity index is 1140. The van der Waals surface area contributed by atoms with E-state index in [9.17, 15) is 8.76 Å². The van der Waals surface area contributed by atoms with E-state index in [1.807, 2.05) is 30.3 Å². The van der Waals surface area contributed by atoms with Crippen LogP contribution in [-0.2, 0) is 21.2 Å². The number of hydrogen-bond acceptors (Lipinski definition) is 4. The SMILES string of the molecule is O=[S+]([O-])(NCC1CN(Cc2cccc(Cl)c2)CC12CN(c1ccccc1)C2)c1ccccc1. The maximum absolute atomic E-state index is 12.9. The maximum Gasteiger partial charge on any atom is 0.175 e. The van der Waals surface area contributed by atoms with Crippen LogP contribution < -0.4 is 9.62 Å². The smallest absolute Gasteiger partial charge is 0.175 e. The lowest BCUT2D eigenvalue weighted by molar-refractivity contribution is 0.157. The van der Waals surface area contributed by atoms with E-state index in [1.54, 1.807) is 24.3 Å². The Hall–Kier alpha value is -2.22. The van der Waals surface area contributed by atoms with Gasteiger partial charge >= 0.3 is 0 Å². The predicted octanol–water partition coefficient (Wildman–Crippen LogP) is 4.47. The topological polar surface area (TPSA) is 58.6 Å². The Kier molecular flexibility index (Phi) is 6.29. The molecule has 2 atom stereocenters. The van der Waals surface area contributed by atoms with Crippen molar-refractivity contribution in [1.29, 1.82) is 0 Å². The van der Waals surface area contributed by atoms with Gasteiger partial charge in [-0.3, -0.25) is 4.90 Å². The van der Waals surface area contributed by atoms with E-state index in [2.05, 4.69) is 44.9 Å². The Morgan fingerprint density at radius 1 is 0.970 bits per heavy atom. The van der Waals surface area contributed by atoms with Gasteiger partial charge in [0.15, 0.2) is 15.3 Å². The molecule has 0 aromatic heterocycles. The fraction of sp³-hybridized carbons (Fsp3) is 0.308. The summed E-state index contributed by atoms with van der Waals surface area (Å²) in [7, 11) is -3.53. The summed E-state index contributed by atoms with van der Waals surface area (Å²) in [4.78, 5) is 5.14. The minimum absolute atomic E-state index is 0.0631. The molecule has 2 heterocycles. The minimum Gasteiger partial charge on any atom is -0.593 e. The van der Waals surface area contributed by atoms with Gasteiger partial charge in [0.25, 0.3) is 0 Å². The second kappa shape index (κ2) is 9.20. The standard InChI is InChI=1S/C26H28ClN3O2S/c27-23-9-7-8-21(14-23)16-29-17-22(15-28-33(31,32)25-12-5-2-6-13-25)26(18-29)19-30(20-26)24-10-3-1-4-11-24/h1-14,22H,15-20H2,(H-,28,31,32). The predicted molar refractivity (Wildman–Crippen MR) is 133 cm³/mol. The van der Waals surface area contributed by atoms with E-state index < -0.39 is 10.4 Å². The fourth-order valence-electron chi connectivity index (χ4n) is 5.23. The van der Waals surface area contributed by atoms with E-state index in [1.165, 1.54) is 11.3 Å². The van der Waals surface area contributed by atoms with Gasteiger partial charge in [0.2, 0.25) is 0 Å². The maximum atomic E-state index is 12.9. The molecule has 2 saturated heterocycles. The van der Waals surface area contributed by atoms with Gasteiger partial charge in [-0.25, -0.2) is 0 Å². The number of nitrogens with one attached hydrogen (secondary N) is 1. The summed E-state index contributed by atoms with van der Waals surface area (Å²) < 4.78 is 28.6. The molecule has 5 nitrogen and oxygen atoms in total. The van der Waals surface area contributed by atoms with Crippen molar-refractivity contribution in [3.8, 4) is 0 Å². The molecule has 2 unspecified atom stereocenters. The first-order valence-corrected chi connectivity index (χ1v) is 13.1. The number of sulfonamides is 1. The third-order valence-electron chi connectivity index (χ3n) is 6.88. The zero-order chi connectivity index (χ0) is 22.9. The van der Waals surface area contributed by atoms with Crippen LogP contribution in [0.5, 0.6) is 0 Å². The van der Waals surface area contributed by atoms with Gasteiger partial charge in [-0.2, -0.15) is 0 Å². The first-order chi connectivity index (χ1) is 15.9. The highest BCUT2D eigenvalue weighted by atomic mass is 35.5. The molecule has 0 bridgehead atoms. The van der Waals surface area contributed by atoms with Crippen LogP contribution >= 0.6 is 11.6 Å². The van der Waals surface area contributed by atoms with Crippen LogP contribution in [0.1, 0.15) is 5.56 Å². The second-order valence-corrected chi connectivity index (χ2v) is 11.4. The number of nitrogens with zero attached hydrogens (tertiary/aromatic N) is 2. The molecule has 0 amide bonds. The summed E-state index contributed by atoms with van der Waals surface area (Å²) in [6, 6.07) is 27.0. The number of anilines is 1. The Balaban J connectivity index is 1.31. The van der Waals surface area contributed by atoms with Crippen molar-refractivity contribution in [2.45, 2.75) is 11.4 Å². The summed E-state index contributed by atoms with van der Waals surface area (Å²) >= 11 is 6.20. The normalized spacial score (nSPS) is 21.6. The third kappa shape index (κ3) is 4.86. The zero-order valence-electron chi connectivity index (χ0n) is 18.4. The molecule has 2 aliphatic heterocycles. The Morgan fingerprint density at radius 2 is 1.67 bits per heavy atom. The second-order valence-electron chi connectivity index (χ2n) is 9.22. The van der Waals surface area contributed by atoms with Gasteiger partial charge in [0, 0.05) is 55.4 Å². The molecule has 3 aromatic carbocycles. The fourth-order valence-corrected chi connectivity index (χ4v) is 6.54. The van der Waals surface area contributed by atoms with Crippen molar-refractivity contribution in [2.24, 2.45) is 11.3 Å². The van der Waals surface area contributed by atoms with E-state index in [-0.39, 0.29) is 11.3 Å². The van der Waals surface area contributed by atoms with Crippen LogP contribution in [0.25, 0.3) is 0 Å². The molecule has 0 saturated carbocycles. The molecule has 2 aliphatic rings. The molecule has 172 valence electrons. The van der Waals surface area contributed by atoms with Crippen LogP contribution in [0, 0.1) is 11.3 Å². The van der Waals surface area contributed by atoms with Gasteiger partial charge in [0.1, 0.15) is 0 Å². The third-order valence-corrected chi connectivity index (χ3v) is 8.56. The molecule has 1 N–H and O–H groups in total. The highest BCUT2D eigenvalue weighted by Crippen LogP contribution is 2.46. The monoisotopic (exact) mass is 481 g/mol. The quantitative estimate of drug-likeness (QED) is 0.506. The summed E-state index contributed by atoms with van der Waals surface area (Å²) in [5, 5.41) is 0.743. The Labute approximate surface area is 201 Å². The molecule has 2 fully saturated rings. The highest BCUT2D eigenvalue weighted by molar-refractivity contribution is 7.95. The summed E-state index contributed by atoms with van der Waals surface area (Å²) in [5.74, 6) is 0.232. The van der Waals surface area contributed by atoms with Crippen LogP contribution in [0.2, 0.25) is 5.02 Å². The largest absolute Gasteiger partial charge is 0.593 e. The van der Waals surface area contributed by atoms with Crippen molar-refractivity contribution in [2.75, 3.05) is 37.6 Å². The number of rotatable bonds is 7. The van der Waals surface area contributed by atoms with E-state index in [0.29, 0.717) is 11.4 Å². The zero-order valence-corrected chi connectivity index (χ0v) is 20.0. The van der Waals surface area contributed by atoms with E-state index in [0.717, 1.165) is 37.7 Å². The number of para-hydroxylation sites is 1. The van der Waals surface area contributed by atoms with E-state index in [4.69, 9.17) is 11.6 Å².